The second-order valence-electron chi connectivity index (χ2n) is 10.5. The average molecular weight is 542 g/mol. The van der Waals surface area contributed by atoms with Gasteiger partial charge < -0.3 is 23.9 Å². The smallest absolute Gasteiger partial charge is 0.336 e. The molecule has 3 aromatic rings. The maximum Gasteiger partial charge on any atom is 0.336 e. The van der Waals surface area contributed by atoms with Crippen LogP contribution in [0.5, 0.6) is 5.75 Å². The predicted octanol–water partition coefficient (Wildman–Crippen LogP) is 4.89. The molecule has 6 rings (SSSR count). The van der Waals surface area contributed by atoms with Gasteiger partial charge in [0, 0.05) is 41.5 Å². The molecule has 1 aliphatic carbocycles. The monoisotopic (exact) mass is 541 g/mol. The van der Waals surface area contributed by atoms with E-state index in [0.29, 0.717) is 41.0 Å². The minimum Gasteiger partial charge on any atom is -0.496 e. The number of carbonyl (C=O) groups is 2. The van der Waals surface area contributed by atoms with E-state index >= 15 is 0 Å². The topological polar surface area (TPSA) is 104 Å². The number of ether oxygens (including phenoxy) is 3. The fourth-order valence-electron chi connectivity index (χ4n) is 6.16. The molecule has 1 saturated heterocycles. The lowest BCUT2D eigenvalue weighted by molar-refractivity contribution is -0.142. The van der Waals surface area contributed by atoms with Gasteiger partial charge in [-0.15, -0.1) is 0 Å². The molecule has 3 aliphatic rings. The highest BCUT2D eigenvalue weighted by Crippen LogP contribution is 2.46. The highest BCUT2D eigenvalue weighted by molar-refractivity contribution is 6.04. The second kappa shape index (κ2) is 10.8. The van der Waals surface area contributed by atoms with Crippen molar-refractivity contribution < 1.29 is 28.2 Å². The minimum absolute atomic E-state index is 0.115. The molecule has 206 valence electrons. The third kappa shape index (κ3) is 4.62. The van der Waals surface area contributed by atoms with E-state index in [2.05, 4.69) is 5.32 Å². The number of Topliss-reactive ketones (excluding diaryl/α,β-unsaturated/α-hetero) is 1. The van der Waals surface area contributed by atoms with Crippen molar-refractivity contribution >= 4 is 22.7 Å². The Morgan fingerprint density at radius 2 is 1.85 bits per heavy atom. The lowest BCUT2D eigenvalue weighted by Crippen LogP contribution is -2.38. The highest BCUT2D eigenvalue weighted by Gasteiger charge is 2.43. The van der Waals surface area contributed by atoms with Gasteiger partial charge in [-0.2, -0.15) is 0 Å². The number of benzene rings is 2. The number of esters is 1. The maximum atomic E-state index is 13.9. The number of nitrogens with one attached hydrogen (secondary N) is 1. The van der Waals surface area contributed by atoms with E-state index in [1.165, 1.54) is 6.26 Å². The molecule has 2 aromatic carbocycles. The Morgan fingerprint density at radius 1 is 1.05 bits per heavy atom. The van der Waals surface area contributed by atoms with Crippen LogP contribution in [-0.4, -0.2) is 38.2 Å². The molecule has 40 heavy (non-hydrogen) atoms. The first-order valence-corrected chi connectivity index (χ1v) is 13.6. The van der Waals surface area contributed by atoms with Crippen molar-refractivity contribution in [1.82, 2.24) is 5.32 Å². The van der Waals surface area contributed by atoms with E-state index in [4.69, 9.17) is 18.6 Å². The fraction of sp³-hybridized carbons (Fsp3) is 0.344. The lowest BCUT2D eigenvalue weighted by atomic mass is 9.71. The minimum atomic E-state index is -0.916. The molecular weight excluding hydrogens is 510 g/mol. The zero-order valence-electron chi connectivity index (χ0n) is 22.5. The molecule has 0 amide bonds. The number of hydrogen-bond acceptors (Lipinski definition) is 8. The molecule has 0 unspecified atom stereocenters. The Kier molecular flexibility index (Phi) is 7.02. The van der Waals surface area contributed by atoms with Crippen molar-refractivity contribution in [3.8, 4) is 5.75 Å². The molecule has 0 radical (unpaired) electrons. The Morgan fingerprint density at radius 3 is 2.65 bits per heavy atom. The zero-order valence-corrected chi connectivity index (χ0v) is 22.5. The zero-order chi connectivity index (χ0) is 27.8. The predicted molar refractivity (Wildman–Crippen MR) is 148 cm³/mol. The van der Waals surface area contributed by atoms with Crippen molar-refractivity contribution in [2.24, 2.45) is 0 Å². The first-order chi connectivity index (χ1) is 19.5. The number of rotatable bonds is 6. The van der Waals surface area contributed by atoms with Gasteiger partial charge in [0.25, 0.3) is 0 Å². The number of allylic oxidation sites excluding steroid dienone is 3. The van der Waals surface area contributed by atoms with Crippen molar-refractivity contribution in [2.75, 3.05) is 20.3 Å². The summed E-state index contributed by atoms with van der Waals surface area (Å²) in [7, 11) is 1.61. The summed E-state index contributed by atoms with van der Waals surface area (Å²) in [4.78, 5) is 41.4. The number of hydrogen-bond donors (Lipinski definition) is 1. The van der Waals surface area contributed by atoms with Gasteiger partial charge in [0.1, 0.15) is 17.9 Å². The van der Waals surface area contributed by atoms with Crippen LogP contribution in [-0.2, 0) is 19.1 Å². The molecule has 3 heterocycles. The first-order valence-electron chi connectivity index (χ1n) is 13.6. The van der Waals surface area contributed by atoms with Crippen LogP contribution in [0.15, 0.2) is 86.5 Å². The molecular formula is C32H31NO7. The van der Waals surface area contributed by atoms with E-state index in [9.17, 15) is 14.4 Å². The molecule has 3 atom stereocenters. The Labute approximate surface area is 231 Å². The van der Waals surface area contributed by atoms with Crippen molar-refractivity contribution in [1.29, 1.82) is 0 Å². The fourth-order valence-corrected chi connectivity index (χ4v) is 6.16. The van der Waals surface area contributed by atoms with Crippen LogP contribution in [0.1, 0.15) is 55.6 Å². The van der Waals surface area contributed by atoms with E-state index in [-0.39, 0.29) is 47.4 Å². The van der Waals surface area contributed by atoms with Crippen LogP contribution >= 0.6 is 0 Å². The van der Waals surface area contributed by atoms with Crippen molar-refractivity contribution in [3.63, 3.8) is 0 Å². The van der Waals surface area contributed by atoms with Gasteiger partial charge in [0.05, 0.1) is 36.4 Å². The maximum absolute atomic E-state index is 13.9. The van der Waals surface area contributed by atoms with Crippen LogP contribution in [0.3, 0.4) is 0 Å². The largest absolute Gasteiger partial charge is 0.496 e. The Bertz CT molecular complexity index is 1610. The molecule has 8 heteroatoms. The SMILES string of the molecule is COc1ccccc1[C@@H]1CC(=O)C2=C(C1)NC(C)=C(C(=O)OC[C@@H]1CCCO1)[C@@H]2c1coc2ccccc2c1=O. The van der Waals surface area contributed by atoms with Gasteiger partial charge in [-0.3, -0.25) is 9.59 Å². The highest BCUT2D eigenvalue weighted by atomic mass is 16.6. The number of fused-ring (bicyclic) bond motifs is 1. The van der Waals surface area contributed by atoms with Crippen LogP contribution in [0, 0.1) is 0 Å². The summed E-state index contributed by atoms with van der Waals surface area (Å²) in [6.45, 7) is 2.54. The van der Waals surface area contributed by atoms with E-state index in [1.54, 1.807) is 38.3 Å². The number of para-hydroxylation sites is 2. The van der Waals surface area contributed by atoms with Gasteiger partial charge in [-0.1, -0.05) is 30.3 Å². The van der Waals surface area contributed by atoms with Crippen LogP contribution in [0.25, 0.3) is 11.0 Å². The van der Waals surface area contributed by atoms with Crippen LogP contribution < -0.4 is 15.5 Å². The normalized spacial score (nSPS) is 22.8. The van der Waals surface area contributed by atoms with E-state index in [1.807, 2.05) is 24.3 Å². The molecule has 0 bridgehead atoms. The molecule has 8 nitrogen and oxygen atoms in total. The summed E-state index contributed by atoms with van der Waals surface area (Å²) < 4.78 is 22.8. The van der Waals surface area contributed by atoms with E-state index < -0.39 is 11.9 Å². The molecule has 2 aliphatic heterocycles. The van der Waals surface area contributed by atoms with Crippen molar-refractivity contribution in [2.45, 2.75) is 50.5 Å². The quantitative estimate of drug-likeness (QED) is 0.440. The number of ketones is 1. The van der Waals surface area contributed by atoms with Gasteiger partial charge >= 0.3 is 5.97 Å². The van der Waals surface area contributed by atoms with Gasteiger partial charge in [0.2, 0.25) is 0 Å². The standard InChI is InChI=1S/C32H31NO7/c1-18-28(32(36)40-16-20-8-7-13-38-20)29(23-17-39-27-12-6-4-10-22(27)31(23)35)30-24(33-18)14-19(15-25(30)34)21-9-3-5-11-26(21)37-2/h3-6,9-12,17,19-20,29,33H,7-8,13-16H2,1-2H3/t19-,20-,29-/m0/s1. The Balaban J connectivity index is 1.44. The summed E-state index contributed by atoms with van der Waals surface area (Å²) in [5.74, 6) is -1.04. The Hall–Kier alpha value is -4.17. The molecule has 1 N–H and O–H groups in total. The molecule has 0 spiro atoms. The summed E-state index contributed by atoms with van der Waals surface area (Å²) in [6.07, 6.45) is 3.70. The molecule has 1 aromatic heterocycles. The number of dihydropyridines is 1. The summed E-state index contributed by atoms with van der Waals surface area (Å²) in [5.41, 5.74) is 3.22. The number of methoxy groups -OCH3 is 1. The molecule has 1 fully saturated rings. The average Bonchev–Trinajstić information content (AvgIpc) is 3.49. The van der Waals surface area contributed by atoms with Gasteiger partial charge in [-0.25, -0.2) is 4.79 Å². The van der Waals surface area contributed by atoms with Gasteiger partial charge in [-0.05, 0) is 49.9 Å². The van der Waals surface area contributed by atoms with Crippen molar-refractivity contribution in [3.05, 3.63) is 98.7 Å². The first kappa shape index (κ1) is 26.1. The third-order valence-corrected chi connectivity index (χ3v) is 8.07. The van der Waals surface area contributed by atoms with Crippen LogP contribution in [0.4, 0.5) is 0 Å². The van der Waals surface area contributed by atoms with Gasteiger partial charge in [0.15, 0.2) is 11.2 Å². The summed E-state index contributed by atoms with van der Waals surface area (Å²) >= 11 is 0. The second-order valence-corrected chi connectivity index (χ2v) is 10.5. The summed E-state index contributed by atoms with van der Waals surface area (Å²) in [5, 5.41) is 3.72. The summed E-state index contributed by atoms with van der Waals surface area (Å²) in [6, 6.07) is 14.6. The lowest BCUT2D eigenvalue weighted by Gasteiger charge is -2.36. The van der Waals surface area contributed by atoms with Crippen LogP contribution in [0.2, 0.25) is 0 Å². The van der Waals surface area contributed by atoms with E-state index in [0.717, 1.165) is 24.2 Å². The third-order valence-electron chi connectivity index (χ3n) is 8.07. The number of carbonyl (C=O) groups excluding carboxylic acids is 2. The molecule has 0 saturated carbocycles.